The third-order valence-corrected chi connectivity index (χ3v) is 2.10. The lowest BCUT2D eigenvalue weighted by atomic mass is 9.99. The van der Waals surface area contributed by atoms with Crippen LogP contribution < -0.4 is 11.1 Å². The molecular formula is C9H18N2O3. The lowest BCUT2D eigenvalue weighted by Crippen LogP contribution is -2.43. The van der Waals surface area contributed by atoms with Gasteiger partial charge in [0.1, 0.15) is 6.54 Å². The number of amides is 1. The van der Waals surface area contributed by atoms with Crippen LogP contribution in [0.25, 0.3) is 0 Å². The lowest BCUT2D eigenvalue weighted by Gasteiger charge is -2.14. The van der Waals surface area contributed by atoms with Crippen LogP contribution >= 0.6 is 0 Å². The van der Waals surface area contributed by atoms with Gasteiger partial charge < -0.3 is 16.2 Å². The molecule has 5 nitrogen and oxygen atoms in total. The van der Waals surface area contributed by atoms with Crippen LogP contribution in [0.3, 0.4) is 0 Å². The summed E-state index contributed by atoms with van der Waals surface area (Å²) in [4.78, 5) is 21.3. The first-order chi connectivity index (χ1) is 6.47. The molecule has 4 N–H and O–H groups in total. The van der Waals surface area contributed by atoms with Crippen molar-refractivity contribution in [1.29, 1.82) is 0 Å². The first-order valence-corrected chi connectivity index (χ1v) is 4.72. The first-order valence-electron chi connectivity index (χ1n) is 4.72. The van der Waals surface area contributed by atoms with Gasteiger partial charge in [-0.15, -0.1) is 0 Å². The van der Waals surface area contributed by atoms with E-state index in [-0.39, 0.29) is 6.54 Å². The molecule has 14 heavy (non-hydrogen) atoms. The maximum atomic E-state index is 11.2. The fraction of sp³-hybridized carbons (Fsp3) is 0.778. The van der Waals surface area contributed by atoms with Crippen molar-refractivity contribution in [1.82, 2.24) is 5.32 Å². The highest BCUT2D eigenvalue weighted by atomic mass is 16.4. The number of nitrogens with one attached hydrogen (secondary N) is 1. The molecule has 0 saturated carbocycles. The smallest absolute Gasteiger partial charge is 0.322 e. The van der Waals surface area contributed by atoms with Crippen LogP contribution in [0.2, 0.25) is 0 Å². The van der Waals surface area contributed by atoms with E-state index in [0.717, 1.165) is 6.42 Å². The van der Waals surface area contributed by atoms with Crippen LogP contribution in [0, 0.1) is 5.92 Å². The minimum atomic E-state index is -1.06. The van der Waals surface area contributed by atoms with Gasteiger partial charge in [-0.25, -0.2) is 0 Å². The van der Waals surface area contributed by atoms with Gasteiger partial charge in [0, 0.05) is 0 Å². The van der Waals surface area contributed by atoms with E-state index in [0.29, 0.717) is 12.3 Å². The molecule has 0 aromatic rings. The molecule has 0 spiro atoms. The lowest BCUT2D eigenvalue weighted by molar-refractivity contribution is -0.138. The summed E-state index contributed by atoms with van der Waals surface area (Å²) in [6.07, 6.45) is 1.54. The standard InChI is InChI=1S/C9H18N2O3/c1-3-6(2)4-7(10)9(14)11-5-8(12)13/h6-7H,3-5,10H2,1-2H3,(H,11,14)(H,12,13). The van der Waals surface area contributed by atoms with Gasteiger partial charge in [-0.1, -0.05) is 20.3 Å². The van der Waals surface area contributed by atoms with E-state index in [1.54, 1.807) is 0 Å². The Hall–Kier alpha value is -1.10. The molecule has 2 atom stereocenters. The van der Waals surface area contributed by atoms with E-state index in [2.05, 4.69) is 5.32 Å². The molecule has 0 radical (unpaired) electrons. The Balaban J connectivity index is 3.81. The molecular weight excluding hydrogens is 184 g/mol. The number of hydrogen-bond donors (Lipinski definition) is 3. The summed E-state index contributed by atoms with van der Waals surface area (Å²) in [6, 6.07) is -0.607. The minimum Gasteiger partial charge on any atom is -0.480 e. The molecule has 82 valence electrons. The highest BCUT2D eigenvalue weighted by Crippen LogP contribution is 2.08. The maximum Gasteiger partial charge on any atom is 0.322 e. The van der Waals surface area contributed by atoms with Crippen molar-refractivity contribution in [3.8, 4) is 0 Å². The SMILES string of the molecule is CCC(C)CC(N)C(=O)NCC(=O)O. The minimum absolute atomic E-state index is 0.368. The predicted molar refractivity (Wildman–Crippen MR) is 52.7 cm³/mol. The molecule has 0 saturated heterocycles. The number of carboxylic acid groups (broad SMARTS) is 1. The molecule has 0 aromatic carbocycles. The normalized spacial score (nSPS) is 14.5. The maximum absolute atomic E-state index is 11.2. The zero-order chi connectivity index (χ0) is 11.1. The van der Waals surface area contributed by atoms with Crippen molar-refractivity contribution < 1.29 is 14.7 Å². The second-order valence-electron chi connectivity index (χ2n) is 3.47. The molecule has 2 unspecified atom stereocenters. The van der Waals surface area contributed by atoms with Crippen molar-refractivity contribution in [3.05, 3.63) is 0 Å². The zero-order valence-electron chi connectivity index (χ0n) is 8.62. The summed E-state index contributed by atoms with van der Waals surface area (Å²) in [7, 11) is 0. The van der Waals surface area contributed by atoms with Crippen LogP contribution in [0.1, 0.15) is 26.7 Å². The van der Waals surface area contributed by atoms with E-state index in [4.69, 9.17) is 10.8 Å². The monoisotopic (exact) mass is 202 g/mol. The number of rotatable bonds is 6. The summed E-state index contributed by atoms with van der Waals surface area (Å²) in [6.45, 7) is 3.66. The van der Waals surface area contributed by atoms with E-state index >= 15 is 0 Å². The topological polar surface area (TPSA) is 92.4 Å². The van der Waals surface area contributed by atoms with Gasteiger partial charge in [-0.05, 0) is 12.3 Å². The second-order valence-corrected chi connectivity index (χ2v) is 3.47. The van der Waals surface area contributed by atoms with Gasteiger partial charge in [0.15, 0.2) is 0 Å². The van der Waals surface area contributed by atoms with Crippen molar-refractivity contribution in [2.45, 2.75) is 32.7 Å². The van der Waals surface area contributed by atoms with Crippen molar-refractivity contribution >= 4 is 11.9 Å². The third-order valence-electron chi connectivity index (χ3n) is 2.10. The molecule has 0 heterocycles. The van der Waals surface area contributed by atoms with Gasteiger partial charge in [0.2, 0.25) is 5.91 Å². The number of aliphatic carboxylic acids is 1. The van der Waals surface area contributed by atoms with Gasteiger partial charge in [-0.2, -0.15) is 0 Å². The predicted octanol–water partition coefficient (Wildman–Crippen LogP) is -0.0493. The Morgan fingerprint density at radius 1 is 1.50 bits per heavy atom. The average Bonchev–Trinajstić information content (AvgIpc) is 2.13. The second kappa shape index (κ2) is 6.37. The number of nitrogens with two attached hydrogens (primary N) is 1. The van der Waals surface area contributed by atoms with Gasteiger partial charge in [0.05, 0.1) is 6.04 Å². The van der Waals surface area contributed by atoms with E-state index in [1.165, 1.54) is 0 Å². The van der Waals surface area contributed by atoms with Gasteiger partial charge in [0.25, 0.3) is 0 Å². The molecule has 0 bridgehead atoms. The Kier molecular flexibility index (Phi) is 5.87. The van der Waals surface area contributed by atoms with Crippen LogP contribution in [-0.4, -0.2) is 29.6 Å². The highest BCUT2D eigenvalue weighted by molar-refractivity contribution is 5.84. The van der Waals surface area contributed by atoms with Crippen molar-refractivity contribution in [2.75, 3.05) is 6.54 Å². The molecule has 0 aromatic heterocycles. The Morgan fingerprint density at radius 2 is 2.07 bits per heavy atom. The number of hydrogen-bond acceptors (Lipinski definition) is 3. The third kappa shape index (κ3) is 5.53. The molecule has 0 aliphatic carbocycles. The summed E-state index contributed by atoms with van der Waals surface area (Å²) in [5.41, 5.74) is 5.57. The molecule has 0 aliphatic heterocycles. The summed E-state index contributed by atoms with van der Waals surface area (Å²) in [5, 5.41) is 10.6. The summed E-state index contributed by atoms with van der Waals surface area (Å²) >= 11 is 0. The largest absolute Gasteiger partial charge is 0.480 e. The number of carbonyl (C=O) groups is 2. The first kappa shape index (κ1) is 12.9. The van der Waals surface area contributed by atoms with Crippen LogP contribution in [0.4, 0.5) is 0 Å². The van der Waals surface area contributed by atoms with Crippen molar-refractivity contribution in [3.63, 3.8) is 0 Å². The average molecular weight is 202 g/mol. The molecule has 1 amide bonds. The zero-order valence-corrected chi connectivity index (χ0v) is 8.62. The van der Waals surface area contributed by atoms with Gasteiger partial charge >= 0.3 is 5.97 Å². The summed E-state index contributed by atoms with van der Waals surface area (Å²) in [5.74, 6) is -1.08. The Labute approximate surface area is 83.7 Å². The molecule has 0 aliphatic rings. The molecule has 0 rings (SSSR count). The number of carbonyl (C=O) groups excluding carboxylic acids is 1. The van der Waals surface area contributed by atoms with E-state index in [9.17, 15) is 9.59 Å². The molecule has 0 fully saturated rings. The number of carboxylic acids is 1. The Bertz CT molecular complexity index is 206. The van der Waals surface area contributed by atoms with Crippen molar-refractivity contribution in [2.24, 2.45) is 11.7 Å². The van der Waals surface area contributed by atoms with Crippen LogP contribution in [0.15, 0.2) is 0 Å². The van der Waals surface area contributed by atoms with E-state index < -0.39 is 17.9 Å². The highest BCUT2D eigenvalue weighted by Gasteiger charge is 2.16. The quantitative estimate of drug-likeness (QED) is 0.563. The fourth-order valence-electron chi connectivity index (χ4n) is 1.00. The van der Waals surface area contributed by atoms with Gasteiger partial charge in [-0.3, -0.25) is 9.59 Å². The van der Waals surface area contributed by atoms with Crippen LogP contribution in [0.5, 0.6) is 0 Å². The fourth-order valence-corrected chi connectivity index (χ4v) is 1.00. The van der Waals surface area contributed by atoms with E-state index in [1.807, 2.05) is 13.8 Å². The van der Waals surface area contributed by atoms with Crippen LogP contribution in [-0.2, 0) is 9.59 Å². The Morgan fingerprint density at radius 3 is 2.50 bits per heavy atom. The summed E-state index contributed by atoms with van der Waals surface area (Å²) < 4.78 is 0. The molecule has 5 heteroatoms.